The van der Waals surface area contributed by atoms with Crippen LogP contribution < -0.4 is 0 Å². The summed E-state index contributed by atoms with van der Waals surface area (Å²) in [6.45, 7) is 9.82. The second-order valence-electron chi connectivity index (χ2n) is 8.62. The van der Waals surface area contributed by atoms with Crippen LogP contribution in [0, 0.1) is 17.3 Å². The first-order valence-corrected chi connectivity index (χ1v) is 10.3. The molecule has 3 aliphatic rings. The summed E-state index contributed by atoms with van der Waals surface area (Å²) in [6.07, 6.45) is 6.81. The van der Waals surface area contributed by atoms with Gasteiger partial charge in [-0.2, -0.15) is 0 Å². The first kappa shape index (κ1) is 18.5. The summed E-state index contributed by atoms with van der Waals surface area (Å²) in [4.78, 5) is 5.29. The Labute approximate surface area is 157 Å². The fraction of sp³-hybridized carbons (Fsp3) is 0.810. The van der Waals surface area contributed by atoms with Gasteiger partial charge < -0.3 is 18.8 Å². The maximum absolute atomic E-state index is 5.63. The van der Waals surface area contributed by atoms with Gasteiger partial charge >= 0.3 is 0 Å². The highest BCUT2D eigenvalue weighted by molar-refractivity contribution is 5.02. The van der Waals surface area contributed by atoms with E-state index in [2.05, 4.69) is 15.9 Å². The number of piperidine rings is 1. The van der Waals surface area contributed by atoms with E-state index in [9.17, 15) is 0 Å². The smallest absolute Gasteiger partial charge is 0.117 e. The lowest BCUT2D eigenvalue weighted by Gasteiger charge is -2.42. The first-order valence-electron chi connectivity index (χ1n) is 10.3. The minimum Gasteiger partial charge on any atom is -0.468 e. The van der Waals surface area contributed by atoms with Crippen molar-refractivity contribution in [3.05, 3.63) is 24.2 Å². The molecule has 3 saturated heterocycles. The predicted molar refractivity (Wildman–Crippen MR) is 101 cm³/mol. The molecule has 26 heavy (non-hydrogen) atoms. The molecule has 4 heterocycles. The third-order valence-corrected chi connectivity index (χ3v) is 6.92. The molecule has 5 nitrogen and oxygen atoms in total. The summed E-state index contributed by atoms with van der Waals surface area (Å²) in [5.41, 5.74) is 0.445. The molecule has 4 rings (SSSR count). The molecule has 3 fully saturated rings. The van der Waals surface area contributed by atoms with Crippen LogP contribution in [-0.4, -0.2) is 69.5 Å². The zero-order valence-electron chi connectivity index (χ0n) is 16.2. The van der Waals surface area contributed by atoms with E-state index < -0.39 is 0 Å². The van der Waals surface area contributed by atoms with Crippen molar-refractivity contribution in [2.45, 2.75) is 32.2 Å². The van der Waals surface area contributed by atoms with Gasteiger partial charge in [-0.3, -0.25) is 4.90 Å². The van der Waals surface area contributed by atoms with E-state index in [4.69, 9.17) is 13.9 Å². The maximum atomic E-state index is 5.63. The van der Waals surface area contributed by atoms with E-state index in [1.54, 1.807) is 6.26 Å². The molecule has 1 spiro atoms. The topological polar surface area (TPSA) is 38.1 Å². The lowest BCUT2D eigenvalue weighted by atomic mass is 9.71. The molecule has 3 aliphatic heterocycles. The largest absolute Gasteiger partial charge is 0.468 e. The fourth-order valence-electron chi connectivity index (χ4n) is 5.35. The van der Waals surface area contributed by atoms with Crippen molar-refractivity contribution < 1.29 is 13.9 Å². The molecule has 0 unspecified atom stereocenters. The Bertz CT molecular complexity index is 533. The number of ether oxygens (including phenoxy) is 2. The van der Waals surface area contributed by atoms with Crippen LogP contribution in [0.1, 0.15) is 31.4 Å². The van der Waals surface area contributed by atoms with Crippen LogP contribution in [0.2, 0.25) is 0 Å². The minimum absolute atomic E-state index is 0.445. The highest BCUT2D eigenvalue weighted by atomic mass is 16.5. The Morgan fingerprint density at radius 1 is 1.19 bits per heavy atom. The zero-order chi connectivity index (χ0) is 17.8. The molecule has 0 aromatic carbocycles. The van der Waals surface area contributed by atoms with Gasteiger partial charge in [-0.25, -0.2) is 0 Å². The molecule has 0 radical (unpaired) electrons. The lowest BCUT2D eigenvalue weighted by molar-refractivity contribution is 0.0318. The average molecular weight is 363 g/mol. The first-order chi connectivity index (χ1) is 12.8. The maximum Gasteiger partial charge on any atom is 0.117 e. The molecule has 0 aliphatic carbocycles. The van der Waals surface area contributed by atoms with Crippen molar-refractivity contribution in [2.24, 2.45) is 17.3 Å². The molecule has 5 heteroatoms. The van der Waals surface area contributed by atoms with Crippen molar-refractivity contribution in [1.82, 2.24) is 9.80 Å². The van der Waals surface area contributed by atoms with Crippen molar-refractivity contribution in [3.63, 3.8) is 0 Å². The Hall–Kier alpha value is -0.880. The van der Waals surface area contributed by atoms with Crippen LogP contribution >= 0.6 is 0 Å². The van der Waals surface area contributed by atoms with Crippen molar-refractivity contribution in [3.8, 4) is 0 Å². The van der Waals surface area contributed by atoms with Gasteiger partial charge in [0.15, 0.2) is 0 Å². The number of rotatable bonds is 6. The SMILES string of the molecule is COC[C@@H]1CN(CC2CCOCC2)CC12CCN(Cc1ccco1)CC2. The minimum atomic E-state index is 0.445. The summed E-state index contributed by atoms with van der Waals surface area (Å²) < 4.78 is 16.7. The van der Waals surface area contributed by atoms with Crippen molar-refractivity contribution in [2.75, 3.05) is 59.7 Å². The summed E-state index contributed by atoms with van der Waals surface area (Å²) in [6, 6.07) is 4.07. The third-order valence-electron chi connectivity index (χ3n) is 6.92. The molecular weight excluding hydrogens is 328 g/mol. The van der Waals surface area contributed by atoms with Crippen molar-refractivity contribution in [1.29, 1.82) is 0 Å². The van der Waals surface area contributed by atoms with E-state index in [0.29, 0.717) is 11.3 Å². The Balaban J connectivity index is 1.34. The number of likely N-dealkylation sites (tertiary alicyclic amines) is 2. The zero-order valence-corrected chi connectivity index (χ0v) is 16.2. The second kappa shape index (κ2) is 8.42. The van der Waals surface area contributed by atoms with E-state index in [0.717, 1.165) is 38.0 Å². The normalized spacial score (nSPS) is 28.1. The highest BCUT2D eigenvalue weighted by Gasteiger charge is 2.48. The Morgan fingerprint density at radius 3 is 2.69 bits per heavy atom. The standard InChI is InChI=1S/C21H34N2O3/c1-24-16-19-14-23(13-18-4-11-25-12-5-18)17-21(19)6-8-22(9-7-21)15-20-3-2-10-26-20/h2-3,10,18-19H,4-9,11-17H2,1H3/t19-/m0/s1. The van der Waals surface area contributed by atoms with Crippen LogP contribution in [0.4, 0.5) is 0 Å². The van der Waals surface area contributed by atoms with E-state index in [1.165, 1.54) is 58.4 Å². The van der Waals surface area contributed by atoms with E-state index in [-0.39, 0.29) is 0 Å². The van der Waals surface area contributed by atoms with Gasteiger partial charge in [-0.05, 0) is 62.2 Å². The predicted octanol–water partition coefficient (Wildman–Crippen LogP) is 2.87. The van der Waals surface area contributed by atoms with Gasteiger partial charge in [0, 0.05) is 45.9 Å². The summed E-state index contributed by atoms with van der Waals surface area (Å²) in [7, 11) is 1.86. The monoisotopic (exact) mass is 362 g/mol. The van der Waals surface area contributed by atoms with E-state index >= 15 is 0 Å². The van der Waals surface area contributed by atoms with Gasteiger partial charge in [0.2, 0.25) is 0 Å². The summed E-state index contributed by atoms with van der Waals surface area (Å²) in [5.74, 6) is 2.58. The number of hydrogen-bond donors (Lipinski definition) is 0. The molecule has 1 aromatic rings. The van der Waals surface area contributed by atoms with Gasteiger partial charge in [0.1, 0.15) is 5.76 Å². The summed E-state index contributed by atoms with van der Waals surface area (Å²) >= 11 is 0. The molecular formula is C21H34N2O3. The fourth-order valence-corrected chi connectivity index (χ4v) is 5.35. The molecule has 1 aromatic heterocycles. The quantitative estimate of drug-likeness (QED) is 0.778. The lowest BCUT2D eigenvalue weighted by Crippen LogP contribution is -2.45. The van der Waals surface area contributed by atoms with Gasteiger partial charge in [-0.1, -0.05) is 0 Å². The van der Waals surface area contributed by atoms with Gasteiger partial charge in [0.25, 0.3) is 0 Å². The Kier molecular flexibility index (Phi) is 5.99. The third kappa shape index (κ3) is 4.16. The van der Waals surface area contributed by atoms with Crippen LogP contribution in [0.5, 0.6) is 0 Å². The van der Waals surface area contributed by atoms with Crippen LogP contribution in [0.25, 0.3) is 0 Å². The average Bonchev–Trinajstić information content (AvgIpc) is 3.27. The summed E-state index contributed by atoms with van der Waals surface area (Å²) in [5, 5.41) is 0. The number of methoxy groups -OCH3 is 1. The highest BCUT2D eigenvalue weighted by Crippen LogP contribution is 2.45. The van der Waals surface area contributed by atoms with Gasteiger partial charge in [0.05, 0.1) is 19.4 Å². The molecule has 0 amide bonds. The van der Waals surface area contributed by atoms with Crippen LogP contribution in [0.15, 0.2) is 22.8 Å². The number of nitrogens with zero attached hydrogens (tertiary/aromatic N) is 2. The second-order valence-corrected chi connectivity index (χ2v) is 8.62. The number of hydrogen-bond acceptors (Lipinski definition) is 5. The molecule has 146 valence electrons. The van der Waals surface area contributed by atoms with Crippen LogP contribution in [0.3, 0.4) is 0 Å². The van der Waals surface area contributed by atoms with Crippen molar-refractivity contribution >= 4 is 0 Å². The molecule has 0 bridgehead atoms. The van der Waals surface area contributed by atoms with Gasteiger partial charge in [-0.15, -0.1) is 0 Å². The molecule has 1 atom stereocenters. The van der Waals surface area contributed by atoms with Crippen LogP contribution in [-0.2, 0) is 16.0 Å². The molecule has 0 saturated carbocycles. The number of furan rings is 1. The Morgan fingerprint density at radius 2 is 2.00 bits per heavy atom. The van der Waals surface area contributed by atoms with E-state index in [1.807, 2.05) is 13.2 Å². The molecule has 0 N–H and O–H groups in total.